The predicted molar refractivity (Wildman–Crippen MR) is 56.1 cm³/mol. The van der Waals surface area contributed by atoms with E-state index in [4.69, 9.17) is 0 Å². The van der Waals surface area contributed by atoms with Crippen molar-refractivity contribution in [2.45, 2.75) is 24.9 Å². The summed E-state index contributed by atoms with van der Waals surface area (Å²) in [6.45, 7) is 1.46. The molecule has 0 spiro atoms. The summed E-state index contributed by atoms with van der Waals surface area (Å²) in [5.74, 6) is 0. The molecular formula is C12H16FN. The number of piperidine rings is 1. The normalized spacial score (nSPS) is 27.5. The van der Waals surface area contributed by atoms with Crippen LogP contribution in [0.5, 0.6) is 0 Å². The van der Waals surface area contributed by atoms with Crippen LogP contribution in [-0.4, -0.2) is 18.8 Å². The van der Waals surface area contributed by atoms with Gasteiger partial charge in [-0.1, -0.05) is 30.3 Å². The van der Waals surface area contributed by atoms with E-state index in [1.165, 1.54) is 0 Å². The average molecular weight is 193 g/mol. The zero-order valence-corrected chi connectivity index (χ0v) is 8.30. The van der Waals surface area contributed by atoms with Crippen molar-refractivity contribution < 1.29 is 4.39 Å². The first kappa shape index (κ1) is 9.66. The van der Waals surface area contributed by atoms with Crippen LogP contribution in [0.4, 0.5) is 4.39 Å². The number of nitrogens with one attached hydrogen (secondary N) is 1. The number of alkyl halides is 1. The van der Waals surface area contributed by atoms with E-state index in [1.807, 2.05) is 30.3 Å². The minimum absolute atomic E-state index is 0.502. The van der Waals surface area contributed by atoms with Crippen molar-refractivity contribution in [2.24, 2.45) is 0 Å². The Morgan fingerprint density at radius 1 is 1.29 bits per heavy atom. The SMILES string of the molecule is FC1(Cc2ccccc2)CCCNC1. The molecule has 2 rings (SSSR count). The fourth-order valence-corrected chi connectivity index (χ4v) is 2.04. The second-order valence-electron chi connectivity index (χ2n) is 4.09. The Balaban J connectivity index is 2.02. The molecule has 0 amide bonds. The molecule has 0 bridgehead atoms. The Hall–Kier alpha value is -0.890. The van der Waals surface area contributed by atoms with E-state index >= 15 is 0 Å². The molecule has 76 valence electrons. The van der Waals surface area contributed by atoms with Gasteiger partial charge in [0.1, 0.15) is 5.67 Å². The third kappa shape index (κ3) is 2.32. The van der Waals surface area contributed by atoms with Gasteiger partial charge in [0.2, 0.25) is 0 Å². The topological polar surface area (TPSA) is 12.0 Å². The molecular weight excluding hydrogens is 177 g/mol. The molecule has 1 nitrogen and oxygen atoms in total. The predicted octanol–water partition coefficient (Wildman–Crippen LogP) is 2.32. The largest absolute Gasteiger partial charge is 0.314 e. The van der Waals surface area contributed by atoms with E-state index < -0.39 is 5.67 Å². The van der Waals surface area contributed by atoms with Crippen LogP contribution in [0.2, 0.25) is 0 Å². The van der Waals surface area contributed by atoms with Gasteiger partial charge < -0.3 is 5.32 Å². The van der Waals surface area contributed by atoms with E-state index in [1.54, 1.807) is 0 Å². The van der Waals surface area contributed by atoms with E-state index in [0.29, 0.717) is 19.4 Å². The lowest BCUT2D eigenvalue weighted by molar-refractivity contribution is 0.122. The second-order valence-corrected chi connectivity index (χ2v) is 4.09. The van der Waals surface area contributed by atoms with Crippen LogP contribution in [0.1, 0.15) is 18.4 Å². The highest BCUT2D eigenvalue weighted by molar-refractivity contribution is 5.17. The molecule has 0 aliphatic carbocycles. The van der Waals surface area contributed by atoms with E-state index in [9.17, 15) is 4.39 Å². The molecule has 14 heavy (non-hydrogen) atoms. The molecule has 0 aromatic heterocycles. The zero-order chi connectivity index (χ0) is 9.86. The Labute approximate surface area is 84.3 Å². The Bertz CT molecular complexity index is 278. The van der Waals surface area contributed by atoms with Gasteiger partial charge in [-0.3, -0.25) is 0 Å². The average Bonchev–Trinajstić information content (AvgIpc) is 2.19. The number of hydrogen-bond acceptors (Lipinski definition) is 1. The fraction of sp³-hybridized carbons (Fsp3) is 0.500. The van der Waals surface area contributed by atoms with Crippen molar-refractivity contribution in [2.75, 3.05) is 13.1 Å². The standard InChI is InChI=1S/C12H16FN/c13-12(7-4-8-14-10-12)9-11-5-2-1-3-6-11/h1-3,5-6,14H,4,7-10H2. The molecule has 1 aromatic carbocycles. The van der Waals surface area contributed by atoms with Crippen molar-refractivity contribution in [3.05, 3.63) is 35.9 Å². The van der Waals surface area contributed by atoms with Gasteiger partial charge in [-0.25, -0.2) is 4.39 Å². The monoisotopic (exact) mass is 193 g/mol. The third-order valence-electron chi connectivity index (χ3n) is 2.78. The molecule has 1 heterocycles. The van der Waals surface area contributed by atoms with Crippen LogP contribution in [0.25, 0.3) is 0 Å². The summed E-state index contributed by atoms with van der Waals surface area (Å²) in [6.07, 6.45) is 2.18. The van der Waals surface area contributed by atoms with Crippen LogP contribution in [-0.2, 0) is 6.42 Å². The van der Waals surface area contributed by atoms with Crippen molar-refractivity contribution in [3.63, 3.8) is 0 Å². The van der Waals surface area contributed by atoms with Gasteiger partial charge >= 0.3 is 0 Å². The maximum absolute atomic E-state index is 14.2. The molecule has 2 heteroatoms. The highest BCUT2D eigenvalue weighted by Gasteiger charge is 2.31. The summed E-state index contributed by atoms with van der Waals surface area (Å²) in [4.78, 5) is 0. The van der Waals surface area contributed by atoms with Gasteiger partial charge in [0.25, 0.3) is 0 Å². The van der Waals surface area contributed by atoms with Gasteiger partial charge in [0.05, 0.1) is 0 Å². The van der Waals surface area contributed by atoms with E-state index in [0.717, 1.165) is 18.5 Å². The van der Waals surface area contributed by atoms with Crippen LogP contribution in [0.3, 0.4) is 0 Å². The minimum Gasteiger partial charge on any atom is -0.314 e. The highest BCUT2D eigenvalue weighted by atomic mass is 19.1. The molecule has 1 fully saturated rings. The van der Waals surface area contributed by atoms with Crippen LogP contribution < -0.4 is 5.32 Å². The van der Waals surface area contributed by atoms with Crippen molar-refractivity contribution >= 4 is 0 Å². The van der Waals surface area contributed by atoms with E-state index in [-0.39, 0.29) is 0 Å². The maximum atomic E-state index is 14.2. The number of benzene rings is 1. The maximum Gasteiger partial charge on any atom is 0.127 e. The summed E-state index contributed by atoms with van der Waals surface area (Å²) >= 11 is 0. The molecule has 1 unspecified atom stereocenters. The molecule has 1 aliphatic rings. The Morgan fingerprint density at radius 2 is 2.07 bits per heavy atom. The summed E-state index contributed by atoms with van der Waals surface area (Å²) in [6, 6.07) is 9.89. The first-order chi connectivity index (χ1) is 6.79. The zero-order valence-electron chi connectivity index (χ0n) is 8.30. The fourth-order valence-electron chi connectivity index (χ4n) is 2.04. The van der Waals surface area contributed by atoms with Gasteiger partial charge in [-0.15, -0.1) is 0 Å². The summed E-state index contributed by atoms with van der Waals surface area (Å²) < 4.78 is 14.2. The van der Waals surface area contributed by atoms with Gasteiger partial charge in [0.15, 0.2) is 0 Å². The number of hydrogen-bond donors (Lipinski definition) is 1. The lowest BCUT2D eigenvalue weighted by atomic mass is 9.89. The Kier molecular flexibility index (Phi) is 2.82. The summed E-state index contributed by atoms with van der Waals surface area (Å²) in [7, 11) is 0. The highest BCUT2D eigenvalue weighted by Crippen LogP contribution is 2.25. The first-order valence-corrected chi connectivity index (χ1v) is 5.22. The molecule has 1 aliphatic heterocycles. The molecule has 1 aromatic rings. The van der Waals surface area contributed by atoms with Crippen molar-refractivity contribution in [3.8, 4) is 0 Å². The van der Waals surface area contributed by atoms with Gasteiger partial charge in [-0.2, -0.15) is 0 Å². The van der Waals surface area contributed by atoms with Crippen LogP contribution >= 0.6 is 0 Å². The molecule has 1 saturated heterocycles. The third-order valence-corrected chi connectivity index (χ3v) is 2.78. The van der Waals surface area contributed by atoms with Gasteiger partial charge in [-0.05, 0) is 24.9 Å². The quantitative estimate of drug-likeness (QED) is 0.760. The summed E-state index contributed by atoms with van der Waals surface area (Å²) in [5.41, 5.74) is 0.0678. The lowest BCUT2D eigenvalue weighted by Crippen LogP contribution is -2.43. The molecule has 0 saturated carbocycles. The van der Waals surface area contributed by atoms with Crippen molar-refractivity contribution in [1.29, 1.82) is 0 Å². The molecule has 0 radical (unpaired) electrons. The first-order valence-electron chi connectivity index (χ1n) is 5.22. The van der Waals surface area contributed by atoms with Crippen LogP contribution in [0.15, 0.2) is 30.3 Å². The number of halogens is 1. The number of rotatable bonds is 2. The van der Waals surface area contributed by atoms with Gasteiger partial charge in [0, 0.05) is 13.0 Å². The smallest absolute Gasteiger partial charge is 0.127 e. The second kappa shape index (κ2) is 4.09. The lowest BCUT2D eigenvalue weighted by Gasteiger charge is -2.30. The van der Waals surface area contributed by atoms with E-state index in [2.05, 4.69) is 5.32 Å². The molecule has 1 atom stereocenters. The Morgan fingerprint density at radius 3 is 2.71 bits per heavy atom. The molecule has 1 N–H and O–H groups in total. The van der Waals surface area contributed by atoms with Crippen LogP contribution in [0, 0.1) is 0 Å². The minimum atomic E-state index is -1.03. The summed E-state index contributed by atoms with van der Waals surface area (Å²) in [5, 5.41) is 3.12. The van der Waals surface area contributed by atoms with Crippen molar-refractivity contribution in [1.82, 2.24) is 5.32 Å².